The third kappa shape index (κ3) is 4.37. The molecule has 0 saturated carbocycles. The molecule has 0 aliphatic heterocycles. The minimum absolute atomic E-state index is 0.156. The molecule has 0 aliphatic rings. The lowest BCUT2D eigenvalue weighted by Crippen LogP contribution is -2.28. The predicted octanol–water partition coefficient (Wildman–Crippen LogP) is 0.0191. The average Bonchev–Trinajstić information content (AvgIpc) is 2.38. The summed E-state index contributed by atoms with van der Waals surface area (Å²) >= 11 is 0. The van der Waals surface area contributed by atoms with Crippen molar-refractivity contribution in [3.05, 3.63) is 24.3 Å². The fraction of sp³-hybridized carbons (Fsp3) is 0.400. The summed E-state index contributed by atoms with van der Waals surface area (Å²) in [5.41, 5.74) is 3.04. The van der Waals surface area contributed by atoms with Crippen molar-refractivity contribution < 1.29 is 12.6 Å². The second-order valence-corrected chi connectivity index (χ2v) is 7.13. The van der Waals surface area contributed by atoms with Crippen molar-refractivity contribution in [1.29, 1.82) is 0 Å². The lowest BCUT2D eigenvalue weighted by atomic mass is 10.3. The van der Waals surface area contributed by atoms with Gasteiger partial charge in [-0.3, -0.25) is 10.1 Å². The highest BCUT2D eigenvalue weighted by atomic mass is 32.2. The van der Waals surface area contributed by atoms with E-state index in [-0.39, 0.29) is 11.4 Å². The molecule has 0 aliphatic carbocycles. The Kier molecular flexibility index (Phi) is 5.73. The van der Waals surface area contributed by atoms with E-state index in [0.29, 0.717) is 17.2 Å². The largest absolute Gasteiger partial charge is 0.324 e. The van der Waals surface area contributed by atoms with Gasteiger partial charge in [0.1, 0.15) is 0 Å². The number of hydrogen-bond donors (Lipinski definition) is 3. The van der Waals surface area contributed by atoms with Crippen molar-refractivity contribution in [3.63, 3.8) is 0 Å². The van der Waals surface area contributed by atoms with Gasteiger partial charge in [0, 0.05) is 34.5 Å². The van der Waals surface area contributed by atoms with Crippen LogP contribution in [-0.4, -0.2) is 30.7 Å². The van der Waals surface area contributed by atoms with Crippen LogP contribution in [0.2, 0.25) is 0 Å². The Morgan fingerprint density at radius 1 is 1.28 bits per heavy atom. The van der Waals surface area contributed by atoms with Crippen LogP contribution >= 0.6 is 0 Å². The Hall–Kier alpha value is -0.960. The maximum Gasteiger partial charge on any atom is 0.240 e. The van der Waals surface area contributed by atoms with Crippen LogP contribution < -0.4 is 16.0 Å². The number of nitrogens with one attached hydrogen (secondary N) is 2. The fourth-order valence-electron chi connectivity index (χ4n) is 1.25. The average molecular weight is 291 g/mol. The number of hydrazine groups is 1. The van der Waals surface area contributed by atoms with Gasteiger partial charge >= 0.3 is 0 Å². The van der Waals surface area contributed by atoms with Gasteiger partial charge in [0.25, 0.3) is 0 Å². The molecule has 4 N–H and O–H groups in total. The fourth-order valence-corrected chi connectivity index (χ4v) is 3.03. The highest BCUT2D eigenvalue weighted by Gasteiger charge is 2.13. The second kappa shape index (κ2) is 6.83. The first-order chi connectivity index (χ1) is 8.49. The molecule has 18 heavy (non-hydrogen) atoms. The van der Waals surface area contributed by atoms with Crippen LogP contribution in [0, 0.1) is 0 Å². The Labute approximate surface area is 109 Å². The molecule has 0 spiro atoms. The SMILES string of the molecule is CCS(=O)CCNS(=O)(=O)c1ccc(NN)cc1. The van der Waals surface area contributed by atoms with Gasteiger partial charge in [-0.05, 0) is 24.3 Å². The van der Waals surface area contributed by atoms with Crippen molar-refractivity contribution in [2.45, 2.75) is 11.8 Å². The summed E-state index contributed by atoms with van der Waals surface area (Å²) in [5, 5.41) is 0. The quantitative estimate of drug-likeness (QED) is 0.485. The van der Waals surface area contributed by atoms with E-state index in [1.807, 2.05) is 0 Å². The van der Waals surface area contributed by atoms with Gasteiger partial charge in [-0.25, -0.2) is 13.1 Å². The molecule has 0 heterocycles. The number of nitrogens with two attached hydrogens (primary N) is 1. The van der Waals surface area contributed by atoms with E-state index >= 15 is 0 Å². The van der Waals surface area contributed by atoms with Gasteiger partial charge in [0.05, 0.1) is 4.90 Å². The highest BCUT2D eigenvalue weighted by Crippen LogP contribution is 2.12. The number of anilines is 1. The minimum atomic E-state index is -3.54. The van der Waals surface area contributed by atoms with E-state index in [1.54, 1.807) is 19.1 Å². The van der Waals surface area contributed by atoms with Gasteiger partial charge in [-0.2, -0.15) is 0 Å². The summed E-state index contributed by atoms with van der Waals surface area (Å²) in [6.45, 7) is 1.96. The minimum Gasteiger partial charge on any atom is -0.324 e. The van der Waals surface area contributed by atoms with Gasteiger partial charge in [-0.15, -0.1) is 0 Å². The lowest BCUT2D eigenvalue weighted by Gasteiger charge is -2.07. The summed E-state index contributed by atoms with van der Waals surface area (Å²) in [5.74, 6) is 6.03. The standard InChI is InChI=1S/C10H17N3O3S2/c1-2-17(14)8-7-12-18(15,16)10-5-3-9(13-11)4-6-10/h3-6,12-13H,2,7-8,11H2,1H3. The van der Waals surface area contributed by atoms with E-state index in [2.05, 4.69) is 10.1 Å². The maximum atomic E-state index is 11.8. The van der Waals surface area contributed by atoms with E-state index < -0.39 is 20.8 Å². The Morgan fingerprint density at radius 2 is 1.89 bits per heavy atom. The molecular formula is C10H17N3O3S2. The molecular weight excluding hydrogens is 274 g/mol. The number of rotatable bonds is 7. The van der Waals surface area contributed by atoms with Crippen LogP contribution in [0.3, 0.4) is 0 Å². The molecule has 1 rings (SSSR count). The first-order valence-corrected chi connectivity index (χ1v) is 8.38. The summed E-state index contributed by atoms with van der Waals surface area (Å²) in [7, 11) is -4.52. The van der Waals surface area contributed by atoms with Crippen LogP contribution in [-0.2, 0) is 20.8 Å². The van der Waals surface area contributed by atoms with Crippen molar-refractivity contribution in [1.82, 2.24) is 4.72 Å². The number of sulfonamides is 1. The van der Waals surface area contributed by atoms with Gasteiger partial charge in [0.15, 0.2) is 0 Å². The number of nitrogen functional groups attached to an aromatic ring is 1. The Balaban J connectivity index is 2.65. The zero-order chi connectivity index (χ0) is 13.6. The molecule has 8 heteroatoms. The molecule has 6 nitrogen and oxygen atoms in total. The molecule has 0 bridgehead atoms. The Morgan fingerprint density at radius 3 is 2.39 bits per heavy atom. The van der Waals surface area contributed by atoms with Crippen molar-refractivity contribution in [2.75, 3.05) is 23.5 Å². The van der Waals surface area contributed by atoms with Crippen molar-refractivity contribution >= 4 is 26.5 Å². The smallest absolute Gasteiger partial charge is 0.240 e. The Bertz CT molecular complexity index is 500. The van der Waals surface area contributed by atoms with Gasteiger partial charge in [0.2, 0.25) is 10.0 Å². The summed E-state index contributed by atoms with van der Waals surface area (Å²) in [6, 6.07) is 6.04. The zero-order valence-electron chi connectivity index (χ0n) is 10.0. The molecule has 102 valence electrons. The number of hydrogen-bond acceptors (Lipinski definition) is 5. The zero-order valence-corrected chi connectivity index (χ0v) is 11.7. The van der Waals surface area contributed by atoms with E-state index in [9.17, 15) is 12.6 Å². The van der Waals surface area contributed by atoms with Crippen LogP contribution in [0.25, 0.3) is 0 Å². The molecule has 1 aromatic rings. The van der Waals surface area contributed by atoms with Crippen LogP contribution in [0.15, 0.2) is 29.2 Å². The molecule has 0 amide bonds. The molecule has 1 unspecified atom stereocenters. The van der Waals surface area contributed by atoms with Crippen LogP contribution in [0.4, 0.5) is 5.69 Å². The van der Waals surface area contributed by atoms with Crippen LogP contribution in [0.5, 0.6) is 0 Å². The molecule has 0 aromatic heterocycles. The van der Waals surface area contributed by atoms with E-state index in [4.69, 9.17) is 5.84 Å². The predicted molar refractivity (Wildman–Crippen MR) is 73.0 cm³/mol. The molecule has 1 aromatic carbocycles. The van der Waals surface area contributed by atoms with Gasteiger partial charge < -0.3 is 5.43 Å². The van der Waals surface area contributed by atoms with Crippen LogP contribution in [0.1, 0.15) is 6.92 Å². The molecule has 0 saturated heterocycles. The molecule has 0 fully saturated rings. The maximum absolute atomic E-state index is 11.8. The summed E-state index contributed by atoms with van der Waals surface area (Å²) in [4.78, 5) is 0.156. The normalized spacial score (nSPS) is 13.2. The van der Waals surface area contributed by atoms with Crippen molar-refractivity contribution in [3.8, 4) is 0 Å². The van der Waals surface area contributed by atoms with Gasteiger partial charge in [-0.1, -0.05) is 6.92 Å². The monoisotopic (exact) mass is 291 g/mol. The number of benzene rings is 1. The second-order valence-electron chi connectivity index (χ2n) is 3.50. The van der Waals surface area contributed by atoms with E-state index in [1.165, 1.54) is 12.1 Å². The van der Waals surface area contributed by atoms with Crippen molar-refractivity contribution in [2.24, 2.45) is 5.84 Å². The van der Waals surface area contributed by atoms with E-state index in [0.717, 1.165) is 0 Å². The first kappa shape index (κ1) is 15.1. The highest BCUT2D eigenvalue weighted by molar-refractivity contribution is 7.89. The summed E-state index contributed by atoms with van der Waals surface area (Å²) < 4.78 is 37.3. The topological polar surface area (TPSA) is 101 Å². The first-order valence-electron chi connectivity index (χ1n) is 5.41. The third-order valence-corrected chi connectivity index (χ3v) is 5.06. The molecule has 0 radical (unpaired) electrons. The molecule has 1 atom stereocenters. The third-order valence-electron chi connectivity index (χ3n) is 2.28. The lowest BCUT2D eigenvalue weighted by molar-refractivity contribution is 0.584. The summed E-state index contributed by atoms with van der Waals surface area (Å²) in [6.07, 6.45) is 0.